The van der Waals surface area contributed by atoms with Crippen molar-refractivity contribution in [2.24, 2.45) is 17.6 Å². The summed E-state index contributed by atoms with van der Waals surface area (Å²) in [5, 5.41) is 13.9. The summed E-state index contributed by atoms with van der Waals surface area (Å²) in [6, 6.07) is 5.63. The Bertz CT molecular complexity index is 1080. The highest BCUT2D eigenvalue weighted by molar-refractivity contribution is 8.25. The van der Waals surface area contributed by atoms with Crippen LogP contribution in [0.3, 0.4) is 0 Å². The molecule has 0 radical (unpaired) electrons. The fourth-order valence-electron chi connectivity index (χ4n) is 4.11. The molecule has 2 aromatic heterocycles. The van der Waals surface area contributed by atoms with Gasteiger partial charge in [0.05, 0.1) is 12.0 Å². The van der Waals surface area contributed by atoms with Gasteiger partial charge in [0, 0.05) is 48.8 Å². The molecule has 0 saturated carbocycles. The van der Waals surface area contributed by atoms with Crippen LogP contribution in [0.5, 0.6) is 0 Å². The van der Waals surface area contributed by atoms with Gasteiger partial charge in [0.25, 0.3) is 0 Å². The summed E-state index contributed by atoms with van der Waals surface area (Å²) in [5.74, 6) is 1.09. The fourth-order valence-corrected chi connectivity index (χ4v) is 5.67. The lowest BCUT2D eigenvalue weighted by atomic mass is 9.97. The number of carbonyl (C=O) groups excluding carboxylic acids is 1. The molecular weight excluding hydrogens is 456 g/mol. The number of carbonyl (C=O) groups is 2. The van der Waals surface area contributed by atoms with Crippen molar-refractivity contribution in [2.75, 3.05) is 35.3 Å². The van der Waals surface area contributed by atoms with Crippen molar-refractivity contribution in [3.63, 3.8) is 0 Å². The van der Waals surface area contributed by atoms with Gasteiger partial charge in [-0.25, -0.2) is 4.79 Å². The third-order valence-electron chi connectivity index (χ3n) is 5.87. The van der Waals surface area contributed by atoms with Crippen LogP contribution in [-0.2, 0) is 4.79 Å². The highest BCUT2D eigenvalue weighted by Crippen LogP contribution is 2.31. The van der Waals surface area contributed by atoms with Gasteiger partial charge in [0.2, 0.25) is 11.9 Å². The average Bonchev–Trinajstić information content (AvgIpc) is 3.19. The summed E-state index contributed by atoms with van der Waals surface area (Å²) in [7, 11) is -1.09. The second kappa shape index (κ2) is 10.3. The number of carboxylic acid groups (broad SMARTS) is 1. The smallest absolute Gasteiger partial charge is 0.374 e. The Morgan fingerprint density at radius 1 is 1.32 bits per heavy atom. The number of nitrogens with one attached hydrogen (secondary N) is 2. The zero-order chi connectivity index (χ0) is 24.2. The van der Waals surface area contributed by atoms with Crippen molar-refractivity contribution in [3.05, 3.63) is 36.2 Å². The summed E-state index contributed by atoms with van der Waals surface area (Å²) in [6.45, 7) is 5.74. The molecule has 34 heavy (non-hydrogen) atoms. The van der Waals surface area contributed by atoms with Gasteiger partial charge in [-0.05, 0) is 42.7 Å². The van der Waals surface area contributed by atoms with Gasteiger partial charge in [0.15, 0.2) is 0 Å². The monoisotopic (exact) mass is 486 g/mol. The molecule has 5 N–H and O–H groups in total. The molecule has 2 aliphatic rings. The molecule has 2 aromatic rings. The number of amides is 1. The Balaban J connectivity index is 1.62. The second-order valence-electron chi connectivity index (χ2n) is 8.64. The highest BCUT2D eigenvalue weighted by atomic mass is 32.2. The maximum absolute atomic E-state index is 11.8. The lowest BCUT2D eigenvalue weighted by Gasteiger charge is -2.32. The van der Waals surface area contributed by atoms with Crippen molar-refractivity contribution in [3.8, 4) is 0 Å². The normalized spacial score (nSPS) is 23.7. The van der Waals surface area contributed by atoms with E-state index in [1.165, 1.54) is 0 Å². The number of aromatic nitrogens is 3. The van der Waals surface area contributed by atoms with Crippen molar-refractivity contribution in [2.45, 2.75) is 32.7 Å². The summed E-state index contributed by atoms with van der Waals surface area (Å²) < 4.78 is 1.66. The minimum Gasteiger partial charge on any atom is -0.473 e. The molecule has 0 bridgehead atoms. The molecule has 182 valence electrons. The Hall–Kier alpha value is -3.25. The van der Waals surface area contributed by atoms with E-state index in [0.717, 1.165) is 24.9 Å². The maximum Gasteiger partial charge on any atom is 0.374 e. The number of anilines is 3. The van der Waals surface area contributed by atoms with E-state index in [1.54, 1.807) is 16.8 Å². The zero-order valence-corrected chi connectivity index (χ0v) is 20.0. The molecule has 1 fully saturated rings. The van der Waals surface area contributed by atoms with Crippen LogP contribution < -0.4 is 21.4 Å². The van der Waals surface area contributed by atoms with E-state index >= 15 is 0 Å². The highest BCUT2D eigenvalue weighted by Gasteiger charge is 2.28. The molecule has 0 aromatic carbocycles. The van der Waals surface area contributed by atoms with Crippen LogP contribution in [0.25, 0.3) is 0 Å². The van der Waals surface area contributed by atoms with Crippen molar-refractivity contribution in [1.29, 1.82) is 0 Å². The van der Waals surface area contributed by atoms with Crippen LogP contribution in [0, 0.1) is 11.8 Å². The quantitative estimate of drug-likeness (QED) is 0.430. The van der Waals surface area contributed by atoms with E-state index in [-0.39, 0.29) is 23.8 Å². The third-order valence-corrected chi connectivity index (χ3v) is 7.66. The number of piperidine rings is 1. The minimum atomic E-state index is -1.09. The number of primary amides is 1. The first-order valence-electron chi connectivity index (χ1n) is 11.2. The van der Waals surface area contributed by atoms with Crippen LogP contribution in [0.1, 0.15) is 38.3 Å². The van der Waals surface area contributed by atoms with Gasteiger partial charge in [-0.3, -0.25) is 15.2 Å². The van der Waals surface area contributed by atoms with Gasteiger partial charge in [-0.15, -0.1) is 0 Å². The zero-order valence-electron chi connectivity index (χ0n) is 19.2. The molecule has 1 amide bonds. The van der Waals surface area contributed by atoms with Crippen LogP contribution in [0.4, 0.5) is 22.4 Å². The maximum atomic E-state index is 11.8. The number of pyridine rings is 1. The standard InChI is InChI=1S/C22H30N8O3S/c1-14-11-30(34(13-14)22(32)33)28-21-26-18(25-15(2)16-5-3-7-24-10-16)9-19(27-21)29-8-4-6-17(12-29)20(23)31/h3,5,7,9-10,13-15,17H,4,6,8,11-12H2,1-2H3,(H2,23,31)(H,32,33)(H2,25,26,27,28). The van der Waals surface area contributed by atoms with E-state index in [9.17, 15) is 14.7 Å². The van der Waals surface area contributed by atoms with Crippen molar-refractivity contribution >= 4 is 44.8 Å². The van der Waals surface area contributed by atoms with E-state index in [0.29, 0.717) is 30.7 Å². The topological polar surface area (TPSA) is 150 Å². The molecule has 4 atom stereocenters. The largest absolute Gasteiger partial charge is 0.473 e. The minimum absolute atomic E-state index is 0.0715. The van der Waals surface area contributed by atoms with Crippen LogP contribution in [-0.4, -0.2) is 60.7 Å². The fraction of sp³-hybridized carbons (Fsp3) is 0.455. The molecule has 0 aliphatic carbocycles. The molecule has 0 spiro atoms. The van der Waals surface area contributed by atoms with Crippen LogP contribution in [0.2, 0.25) is 0 Å². The van der Waals surface area contributed by atoms with Gasteiger partial charge in [-0.1, -0.05) is 13.0 Å². The first kappa shape index (κ1) is 23.9. The Morgan fingerprint density at radius 3 is 2.85 bits per heavy atom. The first-order valence-corrected chi connectivity index (χ1v) is 12.5. The molecular formula is C22H30N8O3S. The lowest BCUT2D eigenvalue weighted by molar-refractivity contribution is -0.122. The number of nitrogens with zero attached hydrogens (tertiary/aromatic N) is 5. The van der Waals surface area contributed by atoms with Gasteiger partial charge < -0.3 is 21.1 Å². The summed E-state index contributed by atoms with van der Waals surface area (Å²) in [5.41, 5.74) is 9.68. The Labute approximate surface area is 200 Å². The van der Waals surface area contributed by atoms with E-state index in [1.807, 2.05) is 42.3 Å². The first-order chi connectivity index (χ1) is 16.3. The summed E-state index contributed by atoms with van der Waals surface area (Å²) in [4.78, 5) is 39.0. The molecule has 4 heterocycles. The predicted octanol–water partition coefficient (Wildman–Crippen LogP) is 2.69. The SMILES string of the molecule is CC1C=S(C(=O)O)N(Nc2nc(NC(C)c3cccnc3)cc(N3CCCC(C(N)=O)C3)n2)C1. The third kappa shape index (κ3) is 5.62. The van der Waals surface area contributed by atoms with E-state index in [4.69, 9.17) is 5.73 Å². The van der Waals surface area contributed by atoms with E-state index < -0.39 is 16.0 Å². The molecule has 1 saturated heterocycles. The van der Waals surface area contributed by atoms with Crippen LogP contribution >= 0.6 is 10.7 Å². The van der Waals surface area contributed by atoms with Crippen LogP contribution in [0.15, 0.2) is 30.6 Å². The number of nitrogens with two attached hydrogens (primary N) is 1. The van der Waals surface area contributed by atoms with Crippen molar-refractivity contribution < 1.29 is 14.7 Å². The molecule has 11 nitrogen and oxygen atoms in total. The molecule has 4 unspecified atom stereocenters. The Kier molecular flexibility index (Phi) is 7.27. The van der Waals surface area contributed by atoms with Gasteiger partial charge >= 0.3 is 5.30 Å². The number of hydrogen-bond acceptors (Lipinski definition) is 9. The van der Waals surface area contributed by atoms with E-state index in [2.05, 4.69) is 25.7 Å². The molecule has 12 heteroatoms. The van der Waals surface area contributed by atoms with Gasteiger partial charge in [-0.2, -0.15) is 14.4 Å². The van der Waals surface area contributed by atoms with Gasteiger partial charge in [0.1, 0.15) is 11.6 Å². The Morgan fingerprint density at radius 2 is 2.15 bits per heavy atom. The predicted molar refractivity (Wildman–Crippen MR) is 134 cm³/mol. The second-order valence-corrected chi connectivity index (χ2v) is 10.3. The van der Waals surface area contributed by atoms with Crippen molar-refractivity contribution in [1.82, 2.24) is 19.4 Å². The lowest BCUT2D eigenvalue weighted by Crippen LogP contribution is -2.41. The molecule has 4 rings (SSSR count). The average molecular weight is 487 g/mol. The number of hydrogen-bond donors (Lipinski definition) is 4. The molecule has 2 aliphatic heterocycles. The number of rotatable bonds is 7. The number of hydrazine groups is 1. The summed E-state index contributed by atoms with van der Waals surface area (Å²) >= 11 is 0. The summed E-state index contributed by atoms with van der Waals surface area (Å²) in [6.07, 6.45) is 5.10.